The Morgan fingerprint density at radius 2 is 1.77 bits per heavy atom. The Morgan fingerprint density at radius 1 is 1.06 bits per heavy atom. The fourth-order valence-corrected chi connectivity index (χ4v) is 3.93. The molecule has 2 aromatic carbocycles. The number of anilines is 1. The second-order valence-corrected chi connectivity index (χ2v) is 9.80. The number of benzene rings is 2. The molecule has 0 aliphatic rings. The van der Waals surface area contributed by atoms with Crippen molar-refractivity contribution in [3.63, 3.8) is 0 Å². The van der Waals surface area contributed by atoms with Gasteiger partial charge in [-0.2, -0.15) is 0 Å². The van der Waals surface area contributed by atoms with Gasteiger partial charge in [-0.05, 0) is 59.0 Å². The van der Waals surface area contributed by atoms with Crippen molar-refractivity contribution in [3.8, 4) is 0 Å². The van der Waals surface area contributed by atoms with Crippen molar-refractivity contribution < 1.29 is 0 Å². The minimum Gasteiger partial charge on any atom is -0.373 e. The smallest absolute Gasteiger partial charge is 0.177 e. The van der Waals surface area contributed by atoms with E-state index in [1.54, 1.807) is 6.07 Å². The van der Waals surface area contributed by atoms with Crippen LogP contribution < -0.4 is 5.32 Å². The lowest BCUT2D eigenvalue weighted by Crippen LogP contribution is -2.37. The first-order chi connectivity index (χ1) is 14.6. The van der Waals surface area contributed by atoms with Crippen molar-refractivity contribution in [2.24, 2.45) is 5.41 Å². The van der Waals surface area contributed by atoms with Crippen LogP contribution in [0.2, 0.25) is 10.0 Å². The van der Waals surface area contributed by atoms with E-state index in [1.807, 2.05) is 53.2 Å². The van der Waals surface area contributed by atoms with Crippen molar-refractivity contribution in [2.75, 3.05) is 5.32 Å². The Labute approximate surface area is 194 Å². The van der Waals surface area contributed by atoms with Crippen LogP contribution >= 0.6 is 23.2 Å². The van der Waals surface area contributed by atoms with E-state index in [4.69, 9.17) is 23.2 Å². The molecular formula is C24H29Cl2N5. The van der Waals surface area contributed by atoms with Crippen LogP contribution in [0.3, 0.4) is 0 Å². The van der Waals surface area contributed by atoms with Crippen LogP contribution in [0, 0.1) is 5.41 Å². The number of tetrazole rings is 1. The molecule has 0 unspecified atom stereocenters. The van der Waals surface area contributed by atoms with Crippen molar-refractivity contribution in [2.45, 2.75) is 52.6 Å². The van der Waals surface area contributed by atoms with E-state index in [2.05, 4.69) is 61.5 Å². The van der Waals surface area contributed by atoms with Crippen LogP contribution in [0.25, 0.3) is 6.08 Å². The van der Waals surface area contributed by atoms with E-state index < -0.39 is 5.54 Å². The molecule has 1 heterocycles. The number of halogens is 2. The lowest BCUT2D eigenvalue weighted by molar-refractivity contribution is 0.255. The molecule has 0 aliphatic heterocycles. The van der Waals surface area contributed by atoms with Gasteiger partial charge in [-0.25, -0.2) is 4.68 Å². The Balaban J connectivity index is 2.00. The van der Waals surface area contributed by atoms with Crippen molar-refractivity contribution >= 4 is 35.0 Å². The number of hydrogen-bond donors (Lipinski definition) is 1. The predicted molar refractivity (Wildman–Crippen MR) is 130 cm³/mol. The van der Waals surface area contributed by atoms with Gasteiger partial charge >= 0.3 is 0 Å². The number of para-hydroxylation sites is 1. The normalized spacial score (nSPS) is 15.1. The molecule has 164 valence electrons. The standard InChI is InChI=1S/C24H29Cl2N5/c1-6-24(5,27-19-10-8-7-9-11-19)22-28-29-30-31(22)21(23(2,3)4)15-13-17-12-14-18(25)16-20(17)26/h7-16,21,27H,6H2,1-5H3/b15-13+/t21-,24-/m0/s1. The highest BCUT2D eigenvalue weighted by Gasteiger charge is 2.36. The summed E-state index contributed by atoms with van der Waals surface area (Å²) in [4.78, 5) is 0. The maximum Gasteiger partial charge on any atom is 0.177 e. The fraction of sp³-hybridized carbons (Fsp3) is 0.375. The molecular weight excluding hydrogens is 429 g/mol. The Hall–Kier alpha value is -2.37. The number of allylic oxidation sites excluding steroid dienone is 1. The van der Waals surface area contributed by atoms with Gasteiger partial charge in [-0.1, -0.05) is 87.3 Å². The van der Waals surface area contributed by atoms with Gasteiger partial charge in [0.25, 0.3) is 0 Å². The minimum absolute atomic E-state index is 0.0901. The molecule has 5 nitrogen and oxygen atoms in total. The average Bonchev–Trinajstić information content (AvgIpc) is 3.19. The second kappa shape index (κ2) is 9.41. The first-order valence-corrected chi connectivity index (χ1v) is 11.1. The maximum absolute atomic E-state index is 6.38. The second-order valence-electron chi connectivity index (χ2n) is 8.96. The van der Waals surface area contributed by atoms with Gasteiger partial charge in [0.1, 0.15) is 0 Å². The molecule has 0 fully saturated rings. The molecule has 0 spiro atoms. The van der Waals surface area contributed by atoms with E-state index in [-0.39, 0.29) is 11.5 Å². The Morgan fingerprint density at radius 3 is 2.39 bits per heavy atom. The molecule has 0 saturated carbocycles. The van der Waals surface area contributed by atoms with Gasteiger partial charge in [-0.3, -0.25) is 0 Å². The monoisotopic (exact) mass is 457 g/mol. The van der Waals surface area contributed by atoms with E-state index >= 15 is 0 Å². The quantitative estimate of drug-likeness (QED) is 0.413. The topological polar surface area (TPSA) is 55.6 Å². The summed E-state index contributed by atoms with van der Waals surface area (Å²) < 4.78 is 1.92. The third-order valence-corrected chi connectivity index (χ3v) is 6.02. The molecule has 0 saturated heterocycles. The average molecular weight is 458 g/mol. The van der Waals surface area contributed by atoms with Gasteiger partial charge in [-0.15, -0.1) is 5.10 Å². The van der Waals surface area contributed by atoms with Gasteiger partial charge in [0.05, 0.1) is 11.6 Å². The van der Waals surface area contributed by atoms with E-state index in [9.17, 15) is 0 Å². The summed E-state index contributed by atoms with van der Waals surface area (Å²) in [5, 5.41) is 17.7. The van der Waals surface area contributed by atoms with E-state index in [1.165, 1.54) is 0 Å². The summed E-state index contributed by atoms with van der Waals surface area (Å²) in [6.07, 6.45) is 4.92. The molecule has 0 bridgehead atoms. The Kier molecular flexibility index (Phi) is 7.07. The highest BCUT2D eigenvalue weighted by molar-refractivity contribution is 6.35. The molecule has 7 heteroatoms. The van der Waals surface area contributed by atoms with Crippen molar-refractivity contribution in [1.29, 1.82) is 0 Å². The molecule has 1 aromatic heterocycles. The number of nitrogens with zero attached hydrogens (tertiary/aromatic N) is 4. The lowest BCUT2D eigenvalue weighted by Gasteiger charge is -2.34. The fourth-order valence-electron chi connectivity index (χ4n) is 3.46. The summed E-state index contributed by atoms with van der Waals surface area (Å²) >= 11 is 12.4. The number of hydrogen-bond acceptors (Lipinski definition) is 4. The molecule has 0 radical (unpaired) electrons. The third-order valence-electron chi connectivity index (χ3n) is 5.46. The van der Waals surface area contributed by atoms with Crippen LogP contribution in [0.1, 0.15) is 58.5 Å². The minimum atomic E-state index is -0.444. The maximum atomic E-state index is 6.38. The summed E-state index contributed by atoms with van der Waals surface area (Å²) in [5.41, 5.74) is 1.34. The number of nitrogens with one attached hydrogen (secondary N) is 1. The molecule has 2 atom stereocenters. The van der Waals surface area contributed by atoms with E-state index in [0.29, 0.717) is 10.0 Å². The first-order valence-electron chi connectivity index (χ1n) is 10.4. The van der Waals surface area contributed by atoms with Crippen LogP contribution in [0.4, 0.5) is 5.69 Å². The van der Waals surface area contributed by atoms with Crippen molar-refractivity contribution in [1.82, 2.24) is 20.2 Å². The molecule has 1 N–H and O–H groups in total. The van der Waals surface area contributed by atoms with Crippen LogP contribution in [0.15, 0.2) is 54.6 Å². The SMILES string of the molecule is CC[C@](C)(Nc1ccccc1)c1nnnn1[C@@H](/C=C/c1ccc(Cl)cc1Cl)C(C)(C)C. The van der Waals surface area contributed by atoms with E-state index in [0.717, 1.165) is 23.5 Å². The van der Waals surface area contributed by atoms with Crippen LogP contribution in [-0.2, 0) is 5.54 Å². The lowest BCUT2D eigenvalue weighted by atomic mass is 9.85. The van der Waals surface area contributed by atoms with Crippen molar-refractivity contribution in [3.05, 3.63) is 76.0 Å². The molecule has 0 aliphatic carbocycles. The molecule has 3 aromatic rings. The zero-order valence-electron chi connectivity index (χ0n) is 18.6. The molecule has 31 heavy (non-hydrogen) atoms. The molecule has 0 amide bonds. The predicted octanol–water partition coefficient (Wildman–Crippen LogP) is 7.02. The van der Waals surface area contributed by atoms with Crippen LogP contribution in [0.5, 0.6) is 0 Å². The summed E-state index contributed by atoms with van der Waals surface area (Å²) in [7, 11) is 0. The zero-order valence-corrected chi connectivity index (χ0v) is 20.1. The zero-order chi connectivity index (χ0) is 22.6. The van der Waals surface area contributed by atoms with Gasteiger partial charge in [0.15, 0.2) is 5.82 Å². The summed E-state index contributed by atoms with van der Waals surface area (Å²) in [5.74, 6) is 0.783. The highest BCUT2D eigenvalue weighted by Crippen LogP contribution is 2.36. The summed E-state index contributed by atoms with van der Waals surface area (Å²) in [6.45, 7) is 10.8. The van der Waals surface area contributed by atoms with Gasteiger partial charge in [0, 0.05) is 15.7 Å². The molecule has 3 rings (SSSR count). The van der Waals surface area contributed by atoms with Crippen LogP contribution in [-0.4, -0.2) is 20.2 Å². The summed E-state index contributed by atoms with van der Waals surface area (Å²) in [6, 6.07) is 15.5. The number of aromatic nitrogens is 4. The first kappa shape index (κ1) is 23.3. The van der Waals surface area contributed by atoms with Gasteiger partial charge in [0.2, 0.25) is 0 Å². The highest BCUT2D eigenvalue weighted by atomic mass is 35.5. The number of rotatable bonds is 7. The largest absolute Gasteiger partial charge is 0.373 e. The van der Waals surface area contributed by atoms with Gasteiger partial charge < -0.3 is 5.32 Å². The Bertz CT molecular complexity index is 1040. The third kappa shape index (κ3) is 5.46.